The van der Waals surface area contributed by atoms with Gasteiger partial charge < -0.3 is 14.8 Å². The molecule has 0 aliphatic heterocycles. The summed E-state index contributed by atoms with van der Waals surface area (Å²) >= 11 is 0. The third-order valence-electron chi connectivity index (χ3n) is 5.03. The van der Waals surface area contributed by atoms with Gasteiger partial charge in [-0.15, -0.1) is 0 Å². The number of halogens is 1. The van der Waals surface area contributed by atoms with E-state index in [2.05, 4.69) is 10.4 Å². The highest BCUT2D eigenvalue weighted by molar-refractivity contribution is 6.08. The number of amides is 1. The molecule has 0 atom stereocenters. The first-order valence-corrected chi connectivity index (χ1v) is 9.94. The smallest absolute Gasteiger partial charge is 0.259 e. The van der Waals surface area contributed by atoms with Gasteiger partial charge in [0.25, 0.3) is 5.91 Å². The molecule has 4 aromatic rings. The summed E-state index contributed by atoms with van der Waals surface area (Å²) in [5.41, 5.74) is 3.92. The van der Waals surface area contributed by atoms with Crippen LogP contribution in [-0.2, 0) is 0 Å². The average molecular weight is 431 g/mol. The summed E-state index contributed by atoms with van der Waals surface area (Å²) in [6.07, 6.45) is 1.63. The number of carbonyl (C=O) groups excluding carboxylic acids is 1. The van der Waals surface area contributed by atoms with Gasteiger partial charge in [0.1, 0.15) is 23.0 Å². The minimum Gasteiger partial charge on any atom is -0.497 e. The summed E-state index contributed by atoms with van der Waals surface area (Å²) in [6.45, 7) is 1.99. The lowest BCUT2D eigenvalue weighted by Crippen LogP contribution is -2.13. The van der Waals surface area contributed by atoms with Crippen LogP contribution in [0.25, 0.3) is 16.9 Å². The van der Waals surface area contributed by atoms with Crippen molar-refractivity contribution in [2.24, 2.45) is 0 Å². The van der Waals surface area contributed by atoms with Gasteiger partial charge in [-0.1, -0.05) is 29.8 Å². The molecule has 0 radical (unpaired) electrons. The van der Waals surface area contributed by atoms with E-state index in [0.717, 1.165) is 11.1 Å². The SMILES string of the molecule is COc1ccc(NC(=O)c2cn(-c3ccc(F)cc3)nc2-c2ccc(C)cc2)c(OC)c1. The minimum atomic E-state index is -0.350. The molecule has 0 aliphatic rings. The second-order valence-corrected chi connectivity index (χ2v) is 7.20. The van der Waals surface area contributed by atoms with Crippen molar-refractivity contribution < 1.29 is 18.7 Å². The molecule has 0 fully saturated rings. The Morgan fingerprint density at radius 2 is 1.69 bits per heavy atom. The van der Waals surface area contributed by atoms with Crippen molar-refractivity contribution in [3.05, 3.63) is 89.9 Å². The van der Waals surface area contributed by atoms with Gasteiger partial charge in [-0.05, 0) is 43.3 Å². The Bertz CT molecular complexity index is 1250. The number of nitrogens with one attached hydrogen (secondary N) is 1. The maximum Gasteiger partial charge on any atom is 0.259 e. The molecule has 0 saturated heterocycles. The van der Waals surface area contributed by atoms with Crippen LogP contribution in [0.3, 0.4) is 0 Å². The molecular formula is C25H22FN3O3. The van der Waals surface area contributed by atoms with Gasteiger partial charge >= 0.3 is 0 Å². The minimum absolute atomic E-state index is 0.343. The largest absolute Gasteiger partial charge is 0.497 e. The van der Waals surface area contributed by atoms with E-state index in [0.29, 0.717) is 34.1 Å². The lowest BCUT2D eigenvalue weighted by Gasteiger charge is -2.11. The quantitative estimate of drug-likeness (QED) is 0.453. The monoisotopic (exact) mass is 431 g/mol. The summed E-state index contributed by atoms with van der Waals surface area (Å²) in [4.78, 5) is 13.3. The van der Waals surface area contributed by atoms with Crippen LogP contribution in [0.5, 0.6) is 11.5 Å². The summed E-state index contributed by atoms with van der Waals surface area (Å²) in [7, 11) is 3.08. The molecule has 162 valence electrons. The number of hydrogen-bond donors (Lipinski definition) is 1. The molecule has 32 heavy (non-hydrogen) atoms. The molecule has 1 N–H and O–H groups in total. The Balaban J connectivity index is 1.75. The van der Waals surface area contributed by atoms with Crippen molar-refractivity contribution in [1.82, 2.24) is 9.78 Å². The maximum atomic E-state index is 13.4. The van der Waals surface area contributed by atoms with Crippen molar-refractivity contribution in [3.63, 3.8) is 0 Å². The topological polar surface area (TPSA) is 65.4 Å². The third kappa shape index (κ3) is 4.32. The van der Waals surface area contributed by atoms with E-state index < -0.39 is 0 Å². The van der Waals surface area contributed by atoms with Crippen LogP contribution >= 0.6 is 0 Å². The van der Waals surface area contributed by atoms with E-state index in [1.807, 2.05) is 31.2 Å². The summed E-state index contributed by atoms with van der Waals surface area (Å²) in [5, 5.41) is 7.52. The van der Waals surface area contributed by atoms with Crippen molar-refractivity contribution in [3.8, 4) is 28.4 Å². The Kier molecular flexibility index (Phi) is 5.89. The predicted octanol–water partition coefficient (Wildman–Crippen LogP) is 5.26. The van der Waals surface area contributed by atoms with Gasteiger partial charge in [-0.25, -0.2) is 9.07 Å². The number of aryl methyl sites for hydroxylation is 1. The fraction of sp³-hybridized carbons (Fsp3) is 0.120. The molecule has 6 nitrogen and oxygen atoms in total. The van der Waals surface area contributed by atoms with E-state index in [-0.39, 0.29) is 11.7 Å². The summed E-state index contributed by atoms with van der Waals surface area (Å²) in [6, 6.07) is 18.8. The molecule has 0 aliphatic carbocycles. The number of nitrogens with zero attached hydrogens (tertiary/aromatic N) is 2. The Morgan fingerprint density at radius 3 is 2.34 bits per heavy atom. The van der Waals surface area contributed by atoms with E-state index >= 15 is 0 Å². The number of aromatic nitrogens is 2. The van der Waals surface area contributed by atoms with Gasteiger partial charge in [0.2, 0.25) is 0 Å². The van der Waals surface area contributed by atoms with Gasteiger partial charge in [-0.3, -0.25) is 4.79 Å². The van der Waals surface area contributed by atoms with Crippen molar-refractivity contribution in [2.45, 2.75) is 6.92 Å². The molecule has 0 saturated carbocycles. The first kappa shape index (κ1) is 21.1. The molecule has 1 heterocycles. The fourth-order valence-corrected chi connectivity index (χ4v) is 3.28. The van der Waals surface area contributed by atoms with Crippen LogP contribution in [0.1, 0.15) is 15.9 Å². The average Bonchev–Trinajstić information content (AvgIpc) is 3.26. The molecular weight excluding hydrogens is 409 g/mol. The highest BCUT2D eigenvalue weighted by Crippen LogP contribution is 2.31. The second kappa shape index (κ2) is 8.93. The van der Waals surface area contributed by atoms with E-state index in [1.165, 1.54) is 19.2 Å². The zero-order valence-corrected chi connectivity index (χ0v) is 17.9. The normalized spacial score (nSPS) is 10.6. The first-order chi connectivity index (χ1) is 15.5. The van der Waals surface area contributed by atoms with Crippen LogP contribution in [0, 0.1) is 12.7 Å². The highest BCUT2D eigenvalue weighted by atomic mass is 19.1. The summed E-state index contributed by atoms with van der Waals surface area (Å²) < 4.78 is 25.5. The molecule has 1 amide bonds. The van der Waals surface area contributed by atoms with Crippen molar-refractivity contribution in [1.29, 1.82) is 0 Å². The van der Waals surface area contributed by atoms with Crippen LogP contribution in [0.2, 0.25) is 0 Å². The van der Waals surface area contributed by atoms with Gasteiger partial charge in [-0.2, -0.15) is 5.10 Å². The van der Waals surface area contributed by atoms with E-state index in [9.17, 15) is 9.18 Å². The predicted molar refractivity (Wildman–Crippen MR) is 121 cm³/mol. The Labute approximate surface area is 185 Å². The molecule has 7 heteroatoms. The lowest BCUT2D eigenvalue weighted by atomic mass is 10.1. The Hall–Kier alpha value is -4.13. The molecule has 4 rings (SSSR count). The van der Waals surface area contributed by atoms with E-state index in [1.54, 1.807) is 48.3 Å². The number of methoxy groups -OCH3 is 2. The zero-order valence-electron chi connectivity index (χ0n) is 17.9. The molecule has 1 aromatic heterocycles. The zero-order chi connectivity index (χ0) is 22.7. The molecule has 0 spiro atoms. The molecule has 3 aromatic carbocycles. The van der Waals surface area contributed by atoms with Crippen LogP contribution < -0.4 is 14.8 Å². The van der Waals surface area contributed by atoms with Crippen LogP contribution in [0.4, 0.5) is 10.1 Å². The fourth-order valence-electron chi connectivity index (χ4n) is 3.28. The third-order valence-corrected chi connectivity index (χ3v) is 5.03. The number of carbonyl (C=O) groups is 1. The molecule has 0 bridgehead atoms. The second-order valence-electron chi connectivity index (χ2n) is 7.20. The van der Waals surface area contributed by atoms with E-state index in [4.69, 9.17) is 9.47 Å². The molecule has 0 unspecified atom stereocenters. The Morgan fingerprint density at radius 1 is 0.969 bits per heavy atom. The lowest BCUT2D eigenvalue weighted by molar-refractivity contribution is 0.102. The first-order valence-electron chi connectivity index (χ1n) is 9.94. The maximum absolute atomic E-state index is 13.4. The van der Waals surface area contributed by atoms with Gasteiger partial charge in [0.15, 0.2) is 0 Å². The van der Waals surface area contributed by atoms with Crippen LogP contribution in [-0.4, -0.2) is 29.9 Å². The number of hydrogen-bond acceptors (Lipinski definition) is 4. The summed E-state index contributed by atoms with van der Waals surface area (Å²) in [5.74, 6) is 0.395. The number of benzene rings is 3. The van der Waals surface area contributed by atoms with Crippen molar-refractivity contribution >= 4 is 11.6 Å². The van der Waals surface area contributed by atoms with Crippen molar-refractivity contribution in [2.75, 3.05) is 19.5 Å². The highest BCUT2D eigenvalue weighted by Gasteiger charge is 2.20. The standard InChI is InChI=1S/C25H22FN3O3/c1-16-4-6-17(7-5-16)24-21(15-29(28-24)19-10-8-18(26)9-11-19)25(30)27-22-13-12-20(31-2)14-23(22)32-3/h4-15H,1-3H3,(H,27,30). The van der Waals surface area contributed by atoms with Gasteiger partial charge in [0, 0.05) is 17.8 Å². The number of ether oxygens (including phenoxy) is 2. The van der Waals surface area contributed by atoms with Gasteiger partial charge in [0.05, 0.1) is 31.2 Å². The van der Waals surface area contributed by atoms with Crippen LogP contribution in [0.15, 0.2) is 72.9 Å². The number of rotatable bonds is 6. The number of anilines is 1.